The van der Waals surface area contributed by atoms with Crippen LogP contribution in [0.1, 0.15) is 57.8 Å². The third-order valence-electron chi connectivity index (χ3n) is 4.65. The lowest BCUT2D eigenvalue weighted by Gasteiger charge is -2.34. The molecule has 0 aliphatic heterocycles. The average molecular weight is 268 g/mol. The SMILES string of the molecule is FC1(F)CCC(OC2=CCCC=C2C2CCC2)CC1. The van der Waals surface area contributed by atoms with Gasteiger partial charge in [-0.2, -0.15) is 0 Å². The molecule has 0 heterocycles. The quantitative estimate of drug-likeness (QED) is 0.701. The Bertz CT molecular complexity index is 384. The van der Waals surface area contributed by atoms with E-state index in [4.69, 9.17) is 4.74 Å². The zero-order chi connectivity index (χ0) is 13.3. The molecule has 19 heavy (non-hydrogen) atoms. The van der Waals surface area contributed by atoms with Crippen LogP contribution in [0.5, 0.6) is 0 Å². The maximum atomic E-state index is 13.1. The summed E-state index contributed by atoms with van der Waals surface area (Å²) in [5.41, 5.74) is 1.36. The minimum Gasteiger partial charge on any atom is -0.490 e. The highest BCUT2D eigenvalue weighted by atomic mass is 19.3. The van der Waals surface area contributed by atoms with Crippen molar-refractivity contribution in [1.29, 1.82) is 0 Å². The third-order valence-corrected chi connectivity index (χ3v) is 4.65. The van der Waals surface area contributed by atoms with Crippen LogP contribution in [0.15, 0.2) is 23.5 Å². The number of allylic oxidation sites excluding steroid dienone is 3. The van der Waals surface area contributed by atoms with Crippen molar-refractivity contribution >= 4 is 0 Å². The summed E-state index contributed by atoms with van der Waals surface area (Å²) in [7, 11) is 0. The lowest BCUT2D eigenvalue weighted by molar-refractivity contribution is -0.0687. The molecule has 0 N–H and O–H groups in total. The predicted octanol–water partition coefficient (Wildman–Crippen LogP) is 4.99. The Balaban J connectivity index is 1.59. The van der Waals surface area contributed by atoms with Gasteiger partial charge in [-0.15, -0.1) is 0 Å². The molecule has 3 rings (SSSR count). The van der Waals surface area contributed by atoms with Crippen LogP contribution in [-0.2, 0) is 4.74 Å². The van der Waals surface area contributed by atoms with E-state index >= 15 is 0 Å². The maximum absolute atomic E-state index is 13.1. The molecule has 3 aliphatic carbocycles. The van der Waals surface area contributed by atoms with Crippen LogP contribution in [0, 0.1) is 5.92 Å². The number of rotatable bonds is 3. The van der Waals surface area contributed by atoms with E-state index in [-0.39, 0.29) is 18.9 Å². The molecular weight excluding hydrogens is 246 g/mol. The molecule has 3 aliphatic rings. The fourth-order valence-electron chi connectivity index (χ4n) is 3.19. The number of ether oxygens (including phenoxy) is 1. The molecule has 0 unspecified atom stereocenters. The lowest BCUT2D eigenvalue weighted by atomic mass is 9.77. The van der Waals surface area contributed by atoms with Crippen molar-refractivity contribution in [3.63, 3.8) is 0 Å². The molecular formula is C16H22F2O. The van der Waals surface area contributed by atoms with Crippen LogP contribution in [0.4, 0.5) is 8.78 Å². The molecule has 0 amide bonds. The summed E-state index contributed by atoms with van der Waals surface area (Å²) < 4.78 is 32.3. The second-order valence-electron chi connectivity index (χ2n) is 6.11. The molecule has 0 spiro atoms. The summed E-state index contributed by atoms with van der Waals surface area (Å²) in [4.78, 5) is 0. The van der Waals surface area contributed by atoms with Crippen molar-refractivity contribution in [1.82, 2.24) is 0 Å². The third kappa shape index (κ3) is 3.01. The highest BCUT2D eigenvalue weighted by molar-refractivity contribution is 5.32. The fraction of sp³-hybridized carbons (Fsp3) is 0.750. The lowest BCUT2D eigenvalue weighted by Crippen LogP contribution is -2.30. The summed E-state index contributed by atoms with van der Waals surface area (Å²) in [6, 6.07) is 0. The average Bonchev–Trinajstić information content (AvgIpc) is 2.32. The van der Waals surface area contributed by atoms with Crippen molar-refractivity contribution in [2.75, 3.05) is 0 Å². The first-order chi connectivity index (χ1) is 9.14. The van der Waals surface area contributed by atoms with E-state index in [9.17, 15) is 8.78 Å². The van der Waals surface area contributed by atoms with Crippen molar-refractivity contribution in [2.24, 2.45) is 5.92 Å². The van der Waals surface area contributed by atoms with Crippen molar-refractivity contribution in [2.45, 2.75) is 69.8 Å². The molecule has 2 fully saturated rings. The standard InChI is InChI=1S/C16H22F2O/c17-16(18)10-8-13(9-11-16)19-15-7-2-1-6-14(15)12-4-3-5-12/h6-7,12-13H,1-5,8-11H2. The summed E-state index contributed by atoms with van der Waals surface area (Å²) in [6.45, 7) is 0. The molecule has 0 aromatic heterocycles. The van der Waals surface area contributed by atoms with Gasteiger partial charge in [-0.1, -0.05) is 12.5 Å². The molecule has 2 saturated carbocycles. The molecule has 1 nitrogen and oxygen atoms in total. The van der Waals surface area contributed by atoms with Gasteiger partial charge in [0.1, 0.15) is 5.76 Å². The largest absolute Gasteiger partial charge is 0.490 e. The van der Waals surface area contributed by atoms with Crippen LogP contribution in [-0.4, -0.2) is 12.0 Å². The van der Waals surface area contributed by atoms with E-state index in [2.05, 4.69) is 12.2 Å². The van der Waals surface area contributed by atoms with Gasteiger partial charge in [-0.3, -0.25) is 0 Å². The van der Waals surface area contributed by atoms with Crippen molar-refractivity contribution < 1.29 is 13.5 Å². The summed E-state index contributed by atoms with van der Waals surface area (Å²) in [5, 5.41) is 0. The van der Waals surface area contributed by atoms with E-state index in [1.54, 1.807) is 0 Å². The number of halogens is 2. The summed E-state index contributed by atoms with van der Waals surface area (Å²) >= 11 is 0. The van der Waals surface area contributed by atoms with Crippen LogP contribution < -0.4 is 0 Å². The van der Waals surface area contributed by atoms with Gasteiger partial charge in [0.15, 0.2) is 0 Å². The first-order valence-electron chi connectivity index (χ1n) is 7.59. The van der Waals surface area contributed by atoms with Crippen LogP contribution in [0.2, 0.25) is 0 Å². The number of hydrogen-bond donors (Lipinski definition) is 0. The van der Waals surface area contributed by atoms with Crippen molar-refractivity contribution in [3.8, 4) is 0 Å². The van der Waals surface area contributed by atoms with E-state index in [1.165, 1.54) is 24.8 Å². The first-order valence-corrected chi connectivity index (χ1v) is 7.59. The minimum atomic E-state index is -2.46. The normalized spacial score (nSPS) is 28.3. The van der Waals surface area contributed by atoms with E-state index in [0.29, 0.717) is 18.8 Å². The van der Waals surface area contributed by atoms with Gasteiger partial charge in [0.05, 0.1) is 6.10 Å². The first kappa shape index (κ1) is 13.1. The van der Waals surface area contributed by atoms with Crippen LogP contribution in [0.3, 0.4) is 0 Å². The highest BCUT2D eigenvalue weighted by Gasteiger charge is 2.36. The van der Waals surface area contributed by atoms with Crippen LogP contribution >= 0.6 is 0 Å². The van der Waals surface area contributed by atoms with Gasteiger partial charge < -0.3 is 4.74 Å². The molecule has 0 saturated heterocycles. The second kappa shape index (κ2) is 5.26. The Morgan fingerprint density at radius 3 is 2.32 bits per heavy atom. The van der Waals surface area contributed by atoms with Crippen molar-refractivity contribution in [3.05, 3.63) is 23.5 Å². The van der Waals surface area contributed by atoms with E-state index in [0.717, 1.165) is 18.6 Å². The van der Waals surface area contributed by atoms with Crippen LogP contribution in [0.25, 0.3) is 0 Å². The topological polar surface area (TPSA) is 9.23 Å². The Morgan fingerprint density at radius 1 is 1.00 bits per heavy atom. The molecule has 0 bridgehead atoms. The number of hydrogen-bond acceptors (Lipinski definition) is 1. The molecule has 0 atom stereocenters. The van der Waals surface area contributed by atoms with E-state index < -0.39 is 5.92 Å². The Hall–Kier alpha value is -0.860. The molecule has 106 valence electrons. The zero-order valence-corrected chi connectivity index (χ0v) is 11.3. The Morgan fingerprint density at radius 2 is 1.68 bits per heavy atom. The molecule has 0 radical (unpaired) electrons. The predicted molar refractivity (Wildman–Crippen MR) is 71.0 cm³/mol. The molecule has 3 heteroatoms. The van der Waals surface area contributed by atoms with Gasteiger partial charge in [-0.25, -0.2) is 8.78 Å². The minimum absolute atomic E-state index is 0.00699. The fourth-order valence-corrected chi connectivity index (χ4v) is 3.19. The van der Waals surface area contributed by atoms with Gasteiger partial charge >= 0.3 is 0 Å². The smallest absolute Gasteiger partial charge is 0.248 e. The van der Waals surface area contributed by atoms with Gasteiger partial charge in [0.25, 0.3) is 0 Å². The zero-order valence-electron chi connectivity index (χ0n) is 11.3. The molecule has 0 aromatic rings. The summed E-state index contributed by atoms with van der Waals surface area (Å²) in [5.74, 6) is -0.796. The molecule has 0 aromatic carbocycles. The Kier molecular flexibility index (Phi) is 3.64. The van der Waals surface area contributed by atoms with Gasteiger partial charge in [0, 0.05) is 12.8 Å². The maximum Gasteiger partial charge on any atom is 0.248 e. The van der Waals surface area contributed by atoms with E-state index in [1.807, 2.05) is 0 Å². The Labute approximate surface area is 113 Å². The second-order valence-corrected chi connectivity index (χ2v) is 6.11. The van der Waals surface area contributed by atoms with Gasteiger partial charge in [0.2, 0.25) is 5.92 Å². The number of alkyl halides is 2. The summed E-state index contributed by atoms with van der Waals surface area (Å²) in [6.07, 6.45) is 11.3. The van der Waals surface area contributed by atoms with Gasteiger partial charge in [-0.05, 0) is 56.1 Å². The monoisotopic (exact) mass is 268 g/mol. The highest BCUT2D eigenvalue weighted by Crippen LogP contribution is 2.41.